The first-order valence-corrected chi connectivity index (χ1v) is 5.78. The second kappa shape index (κ2) is 5.71. The Kier molecular flexibility index (Phi) is 3.82. The maximum Gasteiger partial charge on any atom is 0.291 e. The van der Waals surface area contributed by atoms with Crippen LogP contribution in [-0.4, -0.2) is 11.8 Å². The number of para-hydroxylation sites is 1. The molecule has 0 saturated heterocycles. The van der Waals surface area contributed by atoms with E-state index in [4.69, 9.17) is 9.68 Å². The number of hydrogen-bond acceptors (Lipinski definition) is 4. The molecule has 1 aromatic heterocycles. The Morgan fingerprint density at radius 1 is 1.15 bits per heavy atom. The number of amides is 2. The van der Waals surface area contributed by atoms with Crippen molar-refractivity contribution in [3.05, 3.63) is 47.7 Å². The topological polar surface area (TPSA) is 95.1 Å². The predicted molar refractivity (Wildman–Crippen MR) is 72.1 cm³/mol. The summed E-state index contributed by atoms with van der Waals surface area (Å²) in [4.78, 5) is 22.8. The highest BCUT2D eigenvalue weighted by atomic mass is 16.4. The van der Waals surface area contributed by atoms with Crippen LogP contribution in [-0.2, 0) is 4.79 Å². The van der Waals surface area contributed by atoms with Crippen LogP contribution in [0, 0.1) is 11.3 Å². The predicted octanol–water partition coefficient (Wildman–Crippen LogP) is 2.36. The van der Waals surface area contributed by atoms with E-state index in [0.717, 1.165) is 0 Å². The number of benzene rings is 1. The van der Waals surface area contributed by atoms with Gasteiger partial charge in [0.25, 0.3) is 5.91 Å². The first-order chi connectivity index (χ1) is 9.60. The normalized spacial score (nSPS) is 9.60. The van der Waals surface area contributed by atoms with E-state index >= 15 is 0 Å². The van der Waals surface area contributed by atoms with Crippen molar-refractivity contribution in [1.29, 1.82) is 5.26 Å². The third kappa shape index (κ3) is 3.03. The van der Waals surface area contributed by atoms with E-state index in [1.165, 1.54) is 19.1 Å². The summed E-state index contributed by atoms with van der Waals surface area (Å²) < 4.78 is 5.18. The Hall–Kier alpha value is -3.07. The molecule has 0 fully saturated rings. The minimum Gasteiger partial charge on any atom is -0.435 e. The molecule has 2 aromatic rings. The van der Waals surface area contributed by atoms with E-state index in [0.29, 0.717) is 11.3 Å². The zero-order chi connectivity index (χ0) is 14.5. The lowest BCUT2D eigenvalue weighted by Gasteiger charge is -2.04. The molecule has 2 amide bonds. The van der Waals surface area contributed by atoms with E-state index in [-0.39, 0.29) is 17.6 Å². The van der Waals surface area contributed by atoms with Crippen LogP contribution in [0.15, 0.2) is 40.8 Å². The van der Waals surface area contributed by atoms with Crippen LogP contribution in [0.4, 0.5) is 11.6 Å². The number of carbonyl (C=O) groups excluding carboxylic acids is 2. The molecule has 0 radical (unpaired) electrons. The highest BCUT2D eigenvalue weighted by Gasteiger charge is 2.13. The van der Waals surface area contributed by atoms with Crippen LogP contribution < -0.4 is 10.6 Å². The molecule has 6 heteroatoms. The molecule has 0 aliphatic rings. The lowest BCUT2D eigenvalue weighted by Crippen LogP contribution is -2.12. The molecule has 6 nitrogen and oxygen atoms in total. The summed E-state index contributed by atoms with van der Waals surface area (Å²) in [5.74, 6) is -0.553. The Balaban J connectivity index is 2.14. The second-order valence-corrected chi connectivity index (χ2v) is 3.96. The van der Waals surface area contributed by atoms with Gasteiger partial charge >= 0.3 is 0 Å². The number of anilines is 2. The van der Waals surface area contributed by atoms with Crippen LogP contribution in [0.3, 0.4) is 0 Å². The zero-order valence-corrected chi connectivity index (χ0v) is 10.6. The lowest BCUT2D eigenvalue weighted by atomic mass is 10.2. The molecule has 0 spiro atoms. The van der Waals surface area contributed by atoms with E-state index in [1.807, 2.05) is 6.07 Å². The third-order valence-corrected chi connectivity index (χ3v) is 2.42. The number of nitrogens with one attached hydrogen (secondary N) is 2. The van der Waals surface area contributed by atoms with Crippen molar-refractivity contribution in [2.45, 2.75) is 6.92 Å². The minimum atomic E-state index is -0.496. The van der Waals surface area contributed by atoms with Crippen molar-refractivity contribution in [1.82, 2.24) is 0 Å². The van der Waals surface area contributed by atoms with Crippen molar-refractivity contribution in [3.63, 3.8) is 0 Å². The maximum atomic E-state index is 12.0. The number of hydrogen-bond donors (Lipinski definition) is 2. The molecule has 1 heterocycles. The highest BCUT2D eigenvalue weighted by molar-refractivity contribution is 6.03. The van der Waals surface area contributed by atoms with Gasteiger partial charge in [-0.25, -0.2) is 0 Å². The minimum absolute atomic E-state index is 0.0430. The Morgan fingerprint density at radius 2 is 1.90 bits per heavy atom. The van der Waals surface area contributed by atoms with Crippen LogP contribution in [0.25, 0.3) is 0 Å². The molecule has 2 rings (SSSR count). The van der Waals surface area contributed by atoms with Crippen LogP contribution in [0.5, 0.6) is 0 Å². The molecule has 20 heavy (non-hydrogen) atoms. The van der Waals surface area contributed by atoms with E-state index < -0.39 is 5.91 Å². The van der Waals surface area contributed by atoms with Crippen LogP contribution in [0.1, 0.15) is 23.0 Å². The van der Waals surface area contributed by atoms with E-state index in [1.54, 1.807) is 24.3 Å². The largest absolute Gasteiger partial charge is 0.435 e. The van der Waals surface area contributed by atoms with Gasteiger partial charge in [-0.2, -0.15) is 5.26 Å². The summed E-state index contributed by atoms with van der Waals surface area (Å²) >= 11 is 0. The van der Waals surface area contributed by atoms with Gasteiger partial charge in [-0.1, -0.05) is 12.1 Å². The van der Waals surface area contributed by atoms with E-state index in [2.05, 4.69) is 10.6 Å². The first kappa shape index (κ1) is 13.4. The average molecular weight is 269 g/mol. The summed E-state index contributed by atoms with van der Waals surface area (Å²) in [7, 11) is 0. The summed E-state index contributed by atoms with van der Waals surface area (Å²) in [6, 6.07) is 11.5. The summed E-state index contributed by atoms with van der Waals surface area (Å²) in [5.41, 5.74) is 0.756. The number of nitrogens with zero attached hydrogens (tertiary/aromatic N) is 1. The highest BCUT2D eigenvalue weighted by Crippen LogP contribution is 2.17. The summed E-state index contributed by atoms with van der Waals surface area (Å²) in [5, 5.41) is 13.9. The fourth-order valence-corrected chi connectivity index (χ4v) is 1.57. The van der Waals surface area contributed by atoms with Gasteiger partial charge in [-0.15, -0.1) is 0 Å². The molecule has 0 unspecified atom stereocenters. The molecule has 100 valence electrons. The second-order valence-electron chi connectivity index (χ2n) is 3.96. The Labute approximate surface area is 115 Å². The molecule has 0 aliphatic heterocycles. The Morgan fingerprint density at radius 3 is 2.60 bits per heavy atom. The number of furan rings is 1. The molecule has 0 aliphatic carbocycles. The SMILES string of the molecule is CC(=O)Nc1ccc(C(=O)Nc2ccccc2C#N)o1. The molecule has 2 N–H and O–H groups in total. The fraction of sp³-hybridized carbons (Fsp3) is 0.0714. The molecule has 0 atom stereocenters. The maximum absolute atomic E-state index is 12.0. The summed E-state index contributed by atoms with van der Waals surface area (Å²) in [6.45, 7) is 1.34. The van der Waals surface area contributed by atoms with Crippen molar-refractivity contribution >= 4 is 23.4 Å². The van der Waals surface area contributed by atoms with Gasteiger partial charge in [0.1, 0.15) is 6.07 Å². The van der Waals surface area contributed by atoms with Crippen LogP contribution >= 0.6 is 0 Å². The molecular weight excluding hydrogens is 258 g/mol. The van der Waals surface area contributed by atoms with Gasteiger partial charge in [0, 0.05) is 13.0 Å². The summed E-state index contributed by atoms with van der Waals surface area (Å²) in [6.07, 6.45) is 0. The first-order valence-electron chi connectivity index (χ1n) is 5.78. The zero-order valence-electron chi connectivity index (χ0n) is 10.6. The van der Waals surface area contributed by atoms with Crippen molar-refractivity contribution < 1.29 is 14.0 Å². The number of carbonyl (C=O) groups is 2. The van der Waals surface area contributed by atoms with Crippen molar-refractivity contribution in [3.8, 4) is 6.07 Å². The monoisotopic (exact) mass is 269 g/mol. The van der Waals surface area contributed by atoms with Crippen molar-refractivity contribution in [2.24, 2.45) is 0 Å². The molecule has 0 bridgehead atoms. The van der Waals surface area contributed by atoms with Gasteiger partial charge in [0.15, 0.2) is 11.6 Å². The van der Waals surface area contributed by atoms with Gasteiger partial charge < -0.3 is 9.73 Å². The number of rotatable bonds is 3. The quantitative estimate of drug-likeness (QED) is 0.894. The molecule has 0 saturated carbocycles. The molecular formula is C14H11N3O3. The standard InChI is InChI=1S/C14H11N3O3/c1-9(18)16-13-7-6-12(20-13)14(19)17-11-5-3-2-4-10(11)8-15/h2-7H,1H3,(H,16,18)(H,17,19). The van der Waals surface area contributed by atoms with Gasteiger partial charge in [0.2, 0.25) is 5.91 Å². The van der Waals surface area contributed by atoms with Crippen molar-refractivity contribution in [2.75, 3.05) is 10.6 Å². The van der Waals surface area contributed by atoms with Gasteiger partial charge in [0.05, 0.1) is 11.3 Å². The smallest absolute Gasteiger partial charge is 0.291 e. The van der Waals surface area contributed by atoms with Gasteiger partial charge in [-0.05, 0) is 18.2 Å². The molecule has 1 aromatic carbocycles. The fourth-order valence-electron chi connectivity index (χ4n) is 1.57. The van der Waals surface area contributed by atoms with E-state index in [9.17, 15) is 9.59 Å². The van der Waals surface area contributed by atoms with Crippen LogP contribution in [0.2, 0.25) is 0 Å². The number of nitriles is 1. The lowest BCUT2D eigenvalue weighted by molar-refractivity contribution is -0.114. The average Bonchev–Trinajstić information content (AvgIpc) is 2.87. The third-order valence-electron chi connectivity index (χ3n) is 2.42. The Bertz CT molecular complexity index is 698. The van der Waals surface area contributed by atoms with Gasteiger partial charge in [-0.3, -0.25) is 14.9 Å².